The van der Waals surface area contributed by atoms with Crippen molar-refractivity contribution in [2.24, 2.45) is 0 Å². The number of hydrogen-bond donors (Lipinski definition) is 2. The van der Waals surface area contributed by atoms with Gasteiger partial charge in [0, 0.05) is 18.3 Å². The van der Waals surface area contributed by atoms with E-state index in [-0.39, 0.29) is 11.5 Å². The summed E-state index contributed by atoms with van der Waals surface area (Å²) in [5, 5.41) is 11.1. The van der Waals surface area contributed by atoms with Crippen LogP contribution < -0.4 is 16.2 Å². The Bertz CT molecular complexity index is 1150. The second-order valence-electron chi connectivity index (χ2n) is 5.32. The van der Waals surface area contributed by atoms with Gasteiger partial charge in [-0.15, -0.1) is 5.10 Å². The Labute approximate surface area is 145 Å². The summed E-state index contributed by atoms with van der Waals surface area (Å²) in [7, 11) is 1.59. The minimum absolute atomic E-state index is 0.144. The van der Waals surface area contributed by atoms with E-state index in [0.29, 0.717) is 26.6 Å². The van der Waals surface area contributed by atoms with Gasteiger partial charge in [0.15, 0.2) is 0 Å². The molecule has 8 heteroatoms. The van der Waals surface area contributed by atoms with Gasteiger partial charge in [0.25, 0.3) is 11.5 Å². The molecule has 0 aliphatic rings. The molecule has 0 bridgehead atoms. The van der Waals surface area contributed by atoms with Crippen molar-refractivity contribution in [2.45, 2.75) is 0 Å². The number of hydrogen-bond acceptors (Lipinski definition) is 6. The number of carbonyl (C=O) groups excluding carboxylic acids is 1. The Morgan fingerprint density at radius 1 is 1.12 bits per heavy atom. The largest absolute Gasteiger partial charge is 0.355 e. The lowest BCUT2D eigenvalue weighted by atomic mass is 10.2. The zero-order valence-corrected chi connectivity index (χ0v) is 14.0. The van der Waals surface area contributed by atoms with E-state index in [9.17, 15) is 9.59 Å². The van der Waals surface area contributed by atoms with E-state index >= 15 is 0 Å². The van der Waals surface area contributed by atoms with Crippen LogP contribution in [0.5, 0.6) is 0 Å². The average molecular weight is 351 g/mol. The average Bonchev–Trinajstić information content (AvgIpc) is 3.04. The molecule has 0 atom stereocenters. The van der Waals surface area contributed by atoms with E-state index in [2.05, 4.69) is 20.7 Å². The second-order valence-corrected chi connectivity index (χ2v) is 6.27. The second kappa shape index (κ2) is 5.99. The number of fused-ring (bicyclic) bond motifs is 2. The molecule has 0 unspecified atom stereocenters. The number of nitrogens with zero attached hydrogens (tertiary/aromatic N) is 3. The smallest absolute Gasteiger partial charge is 0.283 e. The number of aromatic nitrogens is 3. The van der Waals surface area contributed by atoms with Gasteiger partial charge in [0.1, 0.15) is 0 Å². The summed E-state index contributed by atoms with van der Waals surface area (Å²) in [6.07, 6.45) is 0. The van der Waals surface area contributed by atoms with Gasteiger partial charge < -0.3 is 10.6 Å². The van der Waals surface area contributed by atoms with E-state index in [0.717, 1.165) is 5.69 Å². The monoisotopic (exact) mass is 351 g/mol. The van der Waals surface area contributed by atoms with E-state index in [1.165, 1.54) is 15.9 Å². The normalized spacial score (nSPS) is 10.9. The van der Waals surface area contributed by atoms with Crippen molar-refractivity contribution in [2.75, 3.05) is 12.4 Å². The highest BCUT2D eigenvalue weighted by atomic mass is 32.1. The molecule has 1 amide bonds. The lowest BCUT2D eigenvalue weighted by Crippen LogP contribution is -2.17. The van der Waals surface area contributed by atoms with Crippen LogP contribution in [0.4, 0.5) is 10.8 Å². The molecule has 124 valence electrons. The fourth-order valence-corrected chi connectivity index (χ4v) is 3.30. The summed E-state index contributed by atoms with van der Waals surface area (Å²) in [4.78, 5) is 29.1. The number of benzene rings is 2. The number of para-hydroxylation sites is 1. The van der Waals surface area contributed by atoms with Crippen LogP contribution in [-0.2, 0) is 0 Å². The number of amides is 1. The number of rotatable bonds is 3. The summed E-state index contributed by atoms with van der Waals surface area (Å²) in [5.41, 5.74) is 1.79. The maximum absolute atomic E-state index is 12.5. The summed E-state index contributed by atoms with van der Waals surface area (Å²) >= 11 is 1.29. The van der Waals surface area contributed by atoms with Crippen molar-refractivity contribution in [3.05, 3.63) is 64.4 Å². The van der Waals surface area contributed by atoms with Gasteiger partial charge in [-0.25, -0.2) is 4.98 Å². The fraction of sp³-hybridized carbons (Fsp3) is 0.0588. The standard InChI is InChI=1S/C17H13N5O2S/c1-18-14(23)10-6-8-11(9-7-10)19-16-21-22-15(24)12-4-2-3-5-13(12)20-17(22)25-16/h2-9H,1H3,(H,18,23)(H,19,21). The molecular weight excluding hydrogens is 338 g/mol. The maximum Gasteiger partial charge on any atom is 0.283 e. The third-order valence-electron chi connectivity index (χ3n) is 3.73. The topological polar surface area (TPSA) is 88.4 Å². The van der Waals surface area contributed by atoms with Crippen molar-refractivity contribution in [1.29, 1.82) is 0 Å². The molecule has 25 heavy (non-hydrogen) atoms. The molecule has 4 rings (SSSR count). The molecule has 2 aromatic carbocycles. The van der Waals surface area contributed by atoms with E-state index in [1.807, 2.05) is 6.07 Å². The van der Waals surface area contributed by atoms with Gasteiger partial charge in [-0.3, -0.25) is 9.59 Å². The molecule has 2 aromatic heterocycles. The molecule has 0 spiro atoms. The molecular formula is C17H13N5O2S. The Morgan fingerprint density at radius 2 is 1.88 bits per heavy atom. The zero-order chi connectivity index (χ0) is 17.4. The van der Waals surface area contributed by atoms with Crippen molar-refractivity contribution in [3.63, 3.8) is 0 Å². The Morgan fingerprint density at radius 3 is 2.64 bits per heavy atom. The first-order chi connectivity index (χ1) is 12.2. The summed E-state index contributed by atoms with van der Waals surface area (Å²) in [6.45, 7) is 0. The molecule has 4 aromatic rings. The summed E-state index contributed by atoms with van der Waals surface area (Å²) < 4.78 is 1.30. The van der Waals surface area contributed by atoms with Crippen LogP contribution in [0.15, 0.2) is 53.3 Å². The van der Waals surface area contributed by atoms with Crippen LogP contribution in [0.2, 0.25) is 0 Å². The SMILES string of the molecule is CNC(=O)c1ccc(Nc2nn3c(=O)c4ccccc4nc3s2)cc1. The predicted molar refractivity (Wildman–Crippen MR) is 97.8 cm³/mol. The molecule has 0 radical (unpaired) electrons. The van der Waals surface area contributed by atoms with Crippen LogP contribution in [0.25, 0.3) is 15.9 Å². The molecule has 0 saturated carbocycles. The van der Waals surface area contributed by atoms with Crippen molar-refractivity contribution < 1.29 is 4.79 Å². The predicted octanol–water partition coefficient (Wildman–Crippen LogP) is 2.41. The number of carbonyl (C=O) groups is 1. The number of anilines is 2. The first-order valence-electron chi connectivity index (χ1n) is 7.53. The van der Waals surface area contributed by atoms with Crippen molar-refractivity contribution >= 4 is 43.9 Å². The van der Waals surface area contributed by atoms with Gasteiger partial charge >= 0.3 is 0 Å². The molecule has 0 fully saturated rings. The lowest BCUT2D eigenvalue weighted by Gasteiger charge is -2.03. The Balaban J connectivity index is 1.70. The lowest BCUT2D eigenvalue weighted by molar-refractivity contribution is 0.0963. The molecule has 7 nitrogen and oxygen atoms in total. The third-order valence-corrected chi connectivity index (χ3v) is 4.55. The van der Waals surface area contributed by atoms with Gasteiger partial charge in [-0.2, -0.15) is 4.52 Å². The van der Waals surface area contributed by atoms with Gasteiger partial charge in [-0.1, -0.05) is 23.5 Å². The van der Waals surface area contributed by atoms with Gasteiger partial charge in [0.2, 0.25) is 10.1 Å². The molecule has 2 heterocycles. The molecule has 2 N–H and O–H groups in total. The van der Waals surface area contributed by atoms with E-state index in [4.69, 9.17) is 0 Å². The van der Waals surface area contributed by atoms with Gasteiger partial charge in [0.05, 0.1) is 10.9 Å². The van der Waals surface area contributed by atoms with Crippen LogP contribution >= 0.6 is 11.3 Å². The van der Waals surface area contributed by atoms with Crippen LogP contribution in [-0.4, -0.2) is 27.6 Å². The molecule has 0 aliphatic heterocycles. The minimum atomic E-state index is -0.195. The highest BCUT2D eigenvalue weighted by molar-refractivity contribution is 7.20. The quantitative estimate of drug-likeness (QED) is 0.592. The fourth-order valence-electron chi connectivity index (χ4n) is 2.48. The molecule has 0 saturated heterocycles. The first kappa shape index (κ1) is 15.3. The Hall–Kier alpha value is -3.26. The van der Waals surface area contributed by atoms with Crippen molar-refractivity contribution in [1.82, 2.24) is 19.9 Å². The summed E-state index contributed by atoms with van der Waals surface area (Å²) in [5.74, 6) is -0.144. The van der Waals surface area contributed by atoms with Crippen molar-refractivity contribution in [3.8, 4) is 0 Å². The maximum atomic E-state index is 12.5. The highest BCUT2D eigenvalue weighted by Crippen LogP contribution is 2.23. The highest BCUT2D eigenvalue weighted by Gasteiger charge is 2.11. The zero-order valence-electron chi connectivity index (χ0n) is 13.2. The Kier molecular flexibility index (Phi) is 3.66. The molecule has 0 aliphatic carbocycles. The minimum Gasteiger partial charge on any atom is -0.355 e. The van der Waals surface area contributed by atoms with E-state index in [1.54, 1.807) is 49.5 Å². The number of nitrogens with one attached hydrogen (secondary N) is 2. The summed E-state index contributed by atoms with van der Waals surface area (Å²) in [6, 6.07) is 14.2. The van der Waals surface area contributed by atoms with Crippen LogP contribution in [0.1, 0.15) is 10.4 Å². The first-order valence-corrected chi connectivity index (χ1v) is 8.35. The van der Waals surface area contributed by atoms with Gasteiger partial charge in [-0.05, 0) is 36.4 Å². The third kappa shape index (κ3) is 2.72. The van der Waals surface area contributed by atoms with E-state index < -0.39 is 0 Å². The van der Waals surface area contributed by atoms with Crippen LogP contribution in [0, 0.1) is 0 Å². The van der Waals surface area contributed by atoms with Crippen LogP contribution in [0.3, 0.4) is 0 Å².